The zero-order valence-corrected chi connectivity index (χ0v) is 17.3. The lowest BCUT2D eigenvalue weighted by Gasteiger charge is -2.38. The van der Waals surface area contributed by atoms with E-state index < -0.39 is 21.9 Å². The number of imide groups is 1. The van der Waals surface area contributed by atoms with Crippen molar-refractivity contribution in [2.75, 3.05) is 5.75 Å². The molecule has 0 radical (unpaired) electrons. The maximum Gasteiger partial charge on any atom is 0.289 e. The van der Waals surface area contributed by atoms with Crippen LogP contribution in [0.25, 0.3) is 10.8 Å². The lowest BCUT2D eigenvalue weighted by Crippen LogP contribution is -2.45. The minimum atomic E-state index is -4.13. The summed E-state index contributed by atoms with van der Waals surface area (Å²) >= 11 is 0. The molecule has 2 aromatic rings. The molecule has 0 atom stereocenters. The summed E-state index contributed by atoms with van der Waals surface area (Å²) in [6.07, 6.45) is 3.69. The minimum absolute atomic E-state index is 0.0997. The first kappa shape index (κ1) is 18.8. The molecule has 5 rings (SSSR count). The van der Waals surface area contributed by atoms with Gasteiger partial charge in [-0.1, -0.05) is 38.1 Å². The monoisotopic (exact) mass is 413 g/mol. The molecule has 2 aliphatic carbocycles. The molecule has 2 fully saturated rings. The van der Waals surface area contributed by atoms with E-state index in [1.54, 1.807) is 24.3 Å². The van der Waals surface area contributed by atoms with Crippen molar-refractivity contribution < 1.29 is 22.3 Å². The fourth-order valence-electron chi connectivity index (χ4n) is 5.85. The maximum atomic E-state index is 13.0. The van der Waals surface area contributed by atoms with Crippen molar-refractivity contribution >= 4 is 32.7 Å². The molecule has 2 bridgehead atoms. The summed E-state index contributed by atoms with van der Waals surface area (Å²) in [5.74, 6) is -1.14. The first-order valence-corrected chi connectivity index (χ1v) is 11.6. The van der Waals surface area contributed by atoms with Gasteiger partial charge in [-0.05, 0) is 60.0 Å². The molecule has 3 aliphatic rings. The van der Waals surface area contributed by atoms with Crippen LogP contribution in [-0.4, -0.2) is 31.0 Å². The van der Waals surface area contributed by atoms with E-state index in [1.807, 2.05) is 12.1 Å². The van der Waals surface area contributed by atoms with Gasteiger partial charge in [0.25, 0.3) is 21.9 Å². The van der Waals surface area contributed by atoms with Gasteiger partial charge in [0, 0.05) is 5.39 Å². The van der Waals surface area contributed by atoms with E-state index >= 15 is 0 Å². The van der Waals surface area contributed by atoms with Crippen LogP contribution >= 0.6 is 0 Å². The molecule has 29 heavy (non-hydrogen) atoms. The lowest BCUT2D eigenvalue weighted by molar-refractivity contribution is -0.0168. The van der Waals surface area contributed by atoms with Crippen LogP contribution < -0.4 is 0 Å². The van der Waals surface area contributed by atoms with E-state index in [-0.39, 0.29) is 27.7 Å². The van der Waals surface area contributed by atoms with Gasteiger partial charge in [-0.15, -0.1) is 9.35 Å². The number of carbonyl (C=O) groups excluding carboxylic acids is 2. The molecular formula is C22H23NO5S. The second-order valence-corrected chi connectivity index (χ2v) is 10.7. The lowest BCUT2D eigenvalue weighted by atomic mass is 9.71. The number of benzene rings is 2. The average molecular weight is 413 g/mol. The number of amides is 2. The highest BCUT2D eigenvalue weighted by molar-refractivity contribution is 7.86. The van der Waals surface area contributed by atoms with Gasteiger partial charge < -0.3 is 0 Å². The molecule has 1 aliphatic heterocycles. The number of fused-ring (bicyclic) bond motifs is 2. The largest absolute Gasteiger partial charge is 0.289 e. The Hall–Kier alpha value is -2.25. The summed E-state index contributed by atoms with van der Waals surface area (Å²) in [7, 11) is -4.13. The van der Waals surface area contributed by atoms with Crippen LogP contribution in [-0.2, 0) is 14.4 Å². The summed E-state index contributed by atoms with van der Waals surface area (Å²) in [6.45, 7) is 4.25. The Morgan fingerprint density at radius 1 is 1.00 bits per heavy atom. The van der Waals surface area contributed by atoms with Crippen LogP contribution in [0.1, 0.15) is 60.2 Å². The van der Waals surface area contributed by atoms with Gasteiger partial charge in [-0.2, -0.15) is 8.42 Å². The van der Waals surface area contributed by atoms with Crippen LogP contribution in [0.2, 0.25) is 0 Å². The third-order valence-electron chi connectivity index (χ3n) is 7.71. The van der Waals surface area contributed by atoms with Crippen molar-refractivity contribution in [3.63, 3.8) is 0 Å². The van der Waals surface area contributed by atoms with Crippen molar-refractivity contribution in [1.29, 1.82) is 0 Å². The molecule has 0 spiro atoms. The number of hydrogen-bond acceptors (Lipinski definition) is 5. The molecule has 2 saturated carbocycles. The summed E-state index contributed by atoms with van der Waals surface area (Å²) in [4.78, 5) is 25.9. The standard InChI is InChI=1S/C22H23NO5S/c1-21(2)15-9-11-22(21,12-10-15)13-29(26,27)28-23-19(24)16-7-3-5-14-6-4-8-17(18(14)16)20(23)25/h3-8,15H,9-13H2,1-2H3. The second kappa shape index (κ2) is 5.89. The van der Waals surface area contributed by atoms with E-state index in [0.29, 0.717) is 16.4 Å². The second-order valence-electron chi connectivity index (χ2n) is 9.17. The smallest absolute Gasteiger partial charge is 0.266 e. The Balaban J connectivity index is 1.48. The van der Waals surface area contributed by atoms with E-state index in [4.69, 9.17) is 4.28 Å². The van der Waals surface area contributed by atoms with Gasteiger partial charge in [0.1, 0.15) is 0 Å². The van der Waals surface area contributed by atoms with Gasteiger partial charge in [-0.3, -0.25) is 9.59 Å². The molecule has 1 heterocycles. The molecule has 2 aromatic carbocycles. The Morgan fingerprint density at radius 3 is 2.03 bits per heavy atom. The van der Waals surface area contributed by atoms with E-state index in [0.717, 1.165) is 31.1 Å². The van der Waals surface area contributed by atoms with Crippen molar-refractivity contribution in [3.8, 4) is 0 Å². The van der Waals surface area contributed by atoms with Gasteiger partial charge in [0.15, 0.2) is 0 Å². The van der Waals surface area contributed by atoms with Gasteiger partial charge in [0.2, 0.25) is 0 Å². The highest BCUT2D eigenvalue weighted by Crippen LogP contribution is 2.66. The predicted octanol–water partition coefficient (Wildman–Crippen LogP) is 3.91. The van der Waals surface area contributed by atoms with Gasteiger partial charge in [-0.25, -0.2) is 0 Å². The first-order chi connectivity index (χ1) is 13.7. The summed E-state index contributed by atoms with van der Waals surface area (Å²) in [6, 6.07) is 10.2. The van der Waals surface area contributed by atoms with E-state index in [1.165, 1.54) is 0 Å². The van der Waals surface area contributed by atoms with Gasteiger partial charge in [0.05, 0.1) is 16.9 Å². The number of hydrogen-bond donors (Lipinski definition) is 0. The molecular weight excluding hydrogens is 390 g/mol. The van der Waals surface area contributed by atoms with Crippen molar-refractivity contribution in [3.05, 3.63) is 47.5 Å². The molecule has 0 unspecified atom stereocenters. The van der Waals surface area contributed by atoms with E-state index in [9.17, 15) is 18.0 Å². The Morgan fingerprint density at radius 2 is 1.55 bits per heavy atom. The number of hydroxylamine groups is 2. The van der Waals surface area contributed by atoms with Crippen LogP contribution in [0.4, 0.5) is 0 Å². The predicted molar refractivity (Wildman–Crippen MR) is 107 cm³/mol. The summed E-state index contributed by atoms with van der Waals surface area (Å²) in [5, 5.41) is 1.72. The molecule has 7 heteroatoms. The molecule has 0 aromatic heterocycles. The summed E-state index contributed by atoms with van der Waals surface area (Å²) < 4.78 is 31.2. The Kier molecular flexibility index (Phi) is 3.81. The summed E-state index contributed by atoms with van der Waals surface area (Å²) in [5.41, 5.74) is 0.0785. The fourth-order valence-corrected chi connectivity index (χ4v) is 7.61. The number of carbonyl (C=O) groups is 2. The highest BCUT2D eigenvalue weighted by Gasteiger charge is 2.60. The Labute approximate surface area is 169 Å². The van der Waals surface area contributed by atoms with Crippen LogP contribution in [0.5, 0.6) is 0 Å². The topological polar surface area (TPSA) is 80.8 Å². The van der Waals surface area contributed by atoms with E-state index in [2.05, 4.69) is 13.8 Å². The van der Waals surface area contributed by atoms with Crippen molar-refractivity contribution in [1.82, 2.24) is 5.06 Å². The minimum Gasteiger partial charge on any atom is -0.266 e. The normalized spacial score (nSPS) is 27.8. The molecule has 0 saturated heterocycles. The highest BCUT2D eigenvalue weighted by atomic mass is 32.2. The van der Waals surface area contributed by atoms with Crippen LogP contribution in [0, 0.1) is 16.7 Å². The Bertz CT molecular complexity index is 1110. The SMILES string of the molecule is CC1(C)C2CCC1(CS(=O)(=O)ON1C(=O)c3cccc4cccc(c34)C1=O)CC2. The quantitative estimate of drug-likeness (QED) is 0.710. The first-order valence-electron chi connectivity index (χ1n) is 9.98. The fraction of sp³-hybridized carbons (Fsp3) is 0.455. The molecule has 2 amide bonds. The van der Waals surface area contributed by atoms with Crippen molar-refractivity contribution in [2.24, 2.45) is 16.7 Å². The molecule has 6 nitrogen and oxygen atoms in total. The number of nitrogens with zero attached hydrogens (tertiary/aromatic N) is 1. The van der Waals surface area contributed by atoms with Crippen molar-refractivity contribution in [2.45, 2.75) is 39.5 Å². The third kappa shape index (κ3) is 2.53. The van der Waals surface area contributed by atoms with Crippen LogP contribution in [0.15, 0.2) is 36.4 Å². The molecule has 0 N–H and O–H groups in total. The van der Waals surface area contributed by atoms with Gasteiger partial charge >= 0.3 is 0 Å². The maximum absolute atomic E-state index is 13.0. The van der Waals surface area contributed by atoms with Crippen LogP contribution in [0.3, 0.4) is 0 Å². The average Bonchev–Trinajstić information content (AvgIpc) is 3.06. The number of rotatable bonds is 4. The molecule has 152 valence electrons. The zero-order chi connectivity index (χ0) is 20.6. The zero-order valence-electron chi connectivity index (χ0n) is 16.5. The third-order valence-corrected chi connectivity index (χ3v) is 8.99.